The molecule has 0 spiro atoms. The van der Waals surface area contributed by atoms with E-state index in [1.807, 2.05) is 0 Å². The van der Waals surface area contributed by atoms with Crippen LogP contribution < -0.4 is 5.73 Å². The van der Waals surface area contributed by atoms with Gasteiger partial charge in [0, 0.05) is 11.8 Å². The monoisotopic (exact) mass is 294 g/mol. The molecule has 96 valence electrons. The number of imidazole rings is 1. The van der Waals surface area contributed by atoms with Gasteiger partial charge in [-0.15, -0.1) is 0 Å². The topological polar surface area (TPSA) is 82.5 Å². The van der Waals surface area contributed by atoms with Crippen LogP contribution in [0.5, 0.6) is 0 Å². The Bertz CT molecular complexity index is 690. The van der Waals surface area contributed by atoms with Crippen molar-refractivity contribution in [2.45, 2.75) is 6.54 Å². The minimum atomic E-state index is 0.340. The molecule has 3 heterocycles. The highest BCUT2D eigenvalue weighted by Crippen LogP contribution is 2.26. The number of rotatable bonds is 2. The number of nitrogens with zero attached hydrogens (tertiary/aromatic N) is 5. The van der Waals surface area contributed by atoms with Gasteiger partial charge in [0.1, 0.15) is 17.2 Å². The summed E-state index contributed by atoms with van der Waals surface area (Å²) in [6.07, 6.45) is 4.57. The third kappa shape index (κ3) is 2.09. The second-order valence-corrected chi connectivity index (χ2v) is 4.63. The van der Waals surface area contributed by atoms with E-state index in [1.54, 1.807) is 23.2 Å². The fourth-order valence-corrected chi connectivity index (χ4v) is 2.24. The lowest BCUT2D eigenvalue weighted by molar-refractivity contribution is 0.760. The van der Waals surface area contributed by atoms with Crippen molar-refractivity contribution in [1.82, 2.24) is 24.5 Å². The fourth-order valence-electron chi connectivity index (χ4n) is 1.77. The molecule has 8 heteroatoms. The van der Waals surface area contributed by atoms with Crippen molar-refractivity contribution < 1.29 is 0 Å². The Hall–Kier alpha value is -1.92. The molecule has 19 heavy (non-hydrogen) atoms. The number of hydrogen-bond acceptors (Lipinski definition) is 5. The highest BCUT2D eigenvalue weighted by Gasteiger charge is 2.16. The summed E-state index contributed by atoms with van der Waals surface area (Å²) in [4.78, 5) is 16.3. The summed E-state index contributed by atoms with van der Waals surface area (Å²) < 4.78 is 1.77. The van der Waals surface area contributed by atoms with Crippen molar-refractivity contribution in [3.05, 3.63) is 40.7 Å². The van der Waals surface area contributed by atoms with Crippen LogP contribution in [-0.2, 0) is 6.54 Å². The molecule has 0 fully saturated rings. The summed E-state index contributed by atoms with van der Waals surface area (Å²) in [6.45, 7) is 0.397. The summed E-state index contributed by atoms with van der Waals surface area (Å²) in [5, 5.41) is 0.890. The molecule has 6 nitrogen and oxygen atoms in total. The van der Waals surface area contributed by atoms with Crippen LogP contribution in [0.15, 0.2) is 24.9 Å². The lowest BCUT2D eigenvalue weighted by atomic mass is 10.2. The summed E-state index contributed by atoms with van der Waals surface area (Å²) in [5.41, 5.74) is 6.99. The van der Waals surface area contributed by atoms with E-state index < -0.39 is 0 Å². The van der Waals surface area contributed by atoms with Crippen molar-refractivity contribution in [3.63, 3.8) is 0 Å². The molecule has 0 aliphatic carbocycles. The van der Waals surface area contributed by atoms with Gasteiger partial charge in [-0.25, -0.2) is 19.9 Å². The second kappa shape index (κ2) is 4.64. The number of anilines is 1. The zero-order valence-corrected chi connectivity index (χ0v) is 11.1. The first kappa shape index (κ1) is 12.1. The van der Waals surface area contributed by atoms with E-state index in [2.05, 4.69) is 19.9 Å². The number of nitrogen functional groups attached to an aromatic ring is 1. The molecule has 1 aromatic heterocycles. The largest absolute Gasteiger partial charge is 0.382 e. The molecule has 0 atom stereocenters. The third-order valence-corrected chi connectivity index (χ3v) is 3.38. The Morgan fingerprint density at radius 2 is 2.00 bits per heavy atom. The van der Waals surface area contributed by atoms with Gasteiger partial charge >= 0.3 is 0 Å². The zero-order chi connectivity index (χ0) is 13.4. The standard InChI is InChI=1S/C11H8Cl2N6/c12-7-1-2-15-9(13)6(7)3-19-5-18-10(14)8-11(19)17-4-16-8/h1-2,4-5H,3,14H2. The molecule has 2 aliphatic rings. The van der Waals surface area contributed by atoms with E-state index >= 15 is 0 Å². The molecule has 0 unspecified atom stereocenters. The van der Waals surface area contributed by atoms with Gasteiger partial charge in [0.15, 0.2) is 11.6 Å². The van der Waals surface area contributed by atoms with E-state index in [0.29, 0.717) is 39.6 Å². The van der Waals surface area contributed by atoms with Gasteiger partial charge in [0.25, 0.3) is 0 Å². The summed E-state index contributed by atoms with van der Waals surface area (Å²) in [7, 11) is 0. The SMILES string of the molecule is Nc1ncn(Cc2c(Cl)ccnc2Cl)c2ncnc1-2. The molecule has 3 rings (SSSR count). The average Bonchev–Trinajstić information content (AvgIpc) is 2.87. The van der Waals surface area contributed by atoms with Crippen molar-refractivity contribution in [1.29, 1.82) is 0 Å². The maximum atomic E-state index is 6.12. The Morgan fingerprint density at radius 1 is 1.16 bits per heavy atom. The molecule has 0 bridgehead atoms. The van der Waals surface area contributed by atoms with Crippen molar-refractivity contribution in [2.24, 2.45) is 0 Å². The average molecular weight is 295 g/mol. The highest BCUT2D eigenvalue weighted by atomic mass is 35.5. The van der Waals surface area contributed by atoms with E-state index in [0.717, 1.165) is 0 Å². The first-order valence-corrected chi connectivity index (χ1v) is 6.12. The van der Waals surface area contributed by atoms with Gasteiger partial charge in [0.2, 0.25) is 0 Å². The number of hydrogen-bond donors (Lipinski definition) is 1. The van der Waals surface area contributed by atoms with Crippen molar-refractivity contribution in [3.8, 4) is 11.5 Å². The van der Waals surface area contributed by atoms with Crippen LogP contribution in [0.1, 0.15) is 5.56 Å². The van der Waals surface area contributed by atoms with Crippen LogP contribution in [0.2, 0.25) is 10.2 Å². The van der Waals surface area contributed by atoms with E-state index in [-0.39, 0.29) is 0 Å². The Morgan fingerprint density at radius 3 is 2.79 bits per heavy atom. The van der Waals surface area contributed by atoms with E-state index in [1.165, 1.54) is 6.33 Å². The predicted molar refractivity (Wildman–Crippen MR) is 72.2 cm³/mol. The van der Waals surface area contributed by atoms with Gasteiger partial charge in [0.05, 0.1) is 17.9 Å². The molecule has 0 amide bonds. The van der Waals surface area contributed by atoms with Gasteiger partial charge in [-0.1, -0.05) is 23.2 Å². The van der Waals surface area contributed by atoms with Gasteiger partial charge in [-0.05, 0) is 6.07 Å². The van der Waals surface area contributed by atoms with Gasteiger partial charge < -0.3 is 10.3 Å². The number of fused-ring (bicyclic) bond motifs is 1. The molecule has 0 radical (unpaired) electrons. The van der Waals surface area contributed by atoms with E-state index in [4.69, 9.17) is 28.9 Å². The molecule has 0 saturated carbocycles. The minimum Gasteiger partial charge on any atom is -0.382 e. The number of nitrogens with two attached hydrogens (primary N) is 1. The molecule has 2 N–H and O–H groups in total. The highest BCUT2D eigenvalue weighted by molar-refractivity contribution is 6.35. The number of halogens is 2. The fraction of sp³-hybridized carbons (Fsp3) is 0.0909. The molecule has 1 aromatic rings. The molecule has 0 saturated heterocycles. The first-order valence-electron chi connectivity index (χ1n) is 5.37. The quantitative estimate of drug-likeness (QED) is 0.732. The molecule has 0 aromatic carbocycles. The summed E-state index contributed by atoms with van der Waals surface area (Å²) >= 11 is 12.2. The lowest BCUT2D eigenvalue weighted by Gasteiger charge is -2.12. The van der Waals surface area contributed by atoms with Crippen LogP contribution in [-0.4, -0.2) is 24.5 Å². The van der Waals surface area contributed by atoms with Crippen molar-refractivity contribution >= 4 is 29.0 Å². The summed E-state index contributed by atoms with van der Waals surface area (Å²) in [6, 6.07) is 1.68. The van der Waals surface area contributed by atoms with Crippen molar-refractivity contribution in [2.75, 3.05) is 5.73 Å². The van der Waals surface area contributed by atoms with Crippen LogP contribution >= 0.6 is 23.2 Å². The van der Waals surface area contributed by atoms with Crippen LogP contribution in [0, 0.1) is 0 Å². The van der Waals surface area contributed by atoms with Crippen LogP contribution in [0.3, 0.4) is 0 Å². The Labute approximate surface area is 118 Å². The number of pyridine rings is 1. The second-order valence-electron chi connectivity index (χ2n) is 3.87. The number of aromatic nitrogens is 5. The molecular formula is C11H8Cl2N6. The summed E-state index contributed by atoms with van der Waals surface area (Å²) in [5.74, 6) is 0.968. The van der Waals surface area contributed by atoms with Crippen LogP contribution in [0.25, 0.3) is 11.5 Å². The van der Waals surface area contributed by atoms with Crippen LogP contribution in [0.4, 0.5) is 5.82 Å². The smallest absolute Gasteiger partial charge is 0.165 e. The predicted octanol–water partition coefficient (Wildman–Crippen LogP) is 2.11. The normalized spacial score (nSPS) is 11.1. The zero-order valence-electron chi connectivity index (χ0n) is 9.59. The van der Waals surface area contributed by atoms with Gasteiger partial charge in [-0.3, -0.25) is 0 Å². The maximum Gasteiger partial charge on any atom is 0.165 e. The van der Waals surface area contributed by atoms with E-state index in [9.17, 15) is 0 Å². The Kier molecular flexibility index (Phi) is 2.96. The maximum absolute atomic E-state index is 6.12. The lowest BCUT2D eigenvalue weighted by Crippen LogP contribution is -2.10. The first-order chi connectivity index (χ1) is 9.16. The minimum absolute atomic E-state index is 0.340. The molecule has 2 aliphatic heterocycles. The Balaban J connectivity index is 2.07. The van der Waals surface area contributed by atoms with Gasteiger partial charge in [-0.2, -0.15) is 0 Å². The molecular weight excluding hydrogens is 287 g/mol. The third-order valence-electron chi connectivity index (χ3n) is 2.70.